The summed E-state index contributed by atoms with van der Waals surface area (Å²) in [6, 6.07) is 0. The van der Waals surface area contributed by atoms with Crippen molar-refractivity contribution in [2.75, 3.05) is 25.6 Å². The molecule has 1 atom stereocenters. The summed E-state index contributed by atoms with van der Waals surface area (Å²) in [6.07, 6.45) is 0. The summed E-state index contributed by atoms with van der Waals surface area (Å²) in [5, 5.41) is 8.46. The van der Waals surface area contributed by atoms with Crippen LogP contribution in [0.15, 0.2) is 0 Å². The van der Waals surface area contributed by atoms with Gasteiger partial charge in [0.25, 0.3) is 0 Å². The number of ether oxygens (including phenoxy) is 1. The summed E-state index contributed by atoms with van der Waals surface area (Å²) in [6.45, 7) is 1.03. The van der Waals surface area contributed by atoms with Crippen molar-refractivity contribution in [3.63, 3.8) is 0 Å². The molecule has 0 spiro atoms. The summed E-state index contributed by atoms with van der Waals surface area (Å²) < 4.78 is 4.96. The molecule has 0 aliphatic rings. The van der Waals surface area contributed by atoms with Gasteiger partial charge < -0.3 is 9.84 Å². The largest absolute Gasteiger partial charge is 0.394 e. The maximum absolute atomic E-state index is 8.28. The third kappa shape index (κ3) is 6.51. The van der Waals surface area contributed by atoms with E-state index in [1.165, 1.54) is 0 Å². The Hall–Kier alpha value is 0.620. The topological polar surface area (TPSA) is 29.5 Å². The molecule has 4 heteroatoms. The number of rotatable bonds is 5. The van der Waals surface area contributed by atoms with Gasteiger partial charge in [-0.25, -0.2) is 0 Å². The molecule has 9 heavy (non-hydrogen) atoms. The third-order valence-electron chi connectivity index (χ3n) is 0.757. The van der Waals surface area contributed by atoms with E-state index < -0.39 is 0 Å². The highest BCUT2D eigenvalue weighted by atomic mass is 32.1. The Labute approximate surface area is 66.4 Å². The second kappa shape index (κ2) is 6.74. The van der Waals surface area contributed by atoms with Gasteiger partial charge >= 0.3 is 0 Å². The monoisotopic (exact) mass is 168 g/mol. The highest BCUT2D eigenvalue weighted by Gasteiger charge is 1.97. The average molecular weight is 168 g/mol. The fourth-order valence-corrected chi connectivity index (χ4v) is 0.547. The lowest BCUT2D eigenvalue weighted by Gasteiger charge is -2.05. The van der Waals surface area contributed by atoms with Crippen molar-refractivity contribution < 1.29 is 9.84 Å². The fourth-order valence-electron chi connectivity index (χ4n) is 0.337. The molecule has 0 aromatic carbocycles. The van der Waals surface area contributed by atoms with Gasteiger partial charge in [0.15, 0.2) is 0 Å². The SMILES string of the molecule is OCCOCC(S)CS. The van der Waals surface area contributed by atoms with Gasteiger partial charge in [-0.3, -0.25) is 0 Å². The first-order valence-electron chi connectivity index (χ1n) is 2.78. The fraction of sp³-hybridized carbons (Fsp3) is 1.00. The summed E-state index contributed by atoms with van der Waals surface area (Å²) >= 11 is 8.12. The number of aliphatic hydroxyl groups is 1. The normalized spacial score (nSPS) is 13.7. The van der Waals surface area contributed by atoms with Gasteiger partial charge in [-0.15, -0.1) is 0 Å². The predicted molar refractivity (Wildman–Crippen MR) is 44.5 cm³/mol. The Kier molecular flexibility index (Phi) is 7.20. The minimum Gasteiger partial charge on any atom is -0.394 e. The van der Waals surface area contributed by atoms with Crippen molar-refractivity contribution in [1.82, 2.24) is 0 Å². The van der Waals surface area contributed by atoms with Crippen LogP contribution >= 0.6 is 25.3 Å². The van der Waals surface area contributed by atoms with Gasteiger partial charge in [0.05, 0.1) is 19.8 Å². The quantitative estimate of drug-likeness (QED) is 0.405. The molecule has 0 rings (SSSR count). The first kappa shape index (κ1) is 9.62. The minimum atomic E-state index is 0.0765. The molecule has 0 aromatic rings. The zero-order valence-corrected chi connectivity index (χ0v) is 6.94. The van der Waals surface area contributed by atoms with E-state index in [2.05, 4.69) is 25.3 Å². The van der Waals surface area contributed by atoms with Crippen molar-refractivity contribution >= 4 is 25.3 Å². The van der Waals surface area contributed by atoms with Crippen molar-refractivity contribution in [3.05, 3.63) is 0 Å². The van der Waals surface area contributed by atoms with Crippen LogP contribution in [0.3, 0.4) is 0 Å². The molecule has 0 fully saturated rings. The Balaban J connectivity index is 2.88. The molecular weight excluding hydrogens is 156 g/mol. The van der Waals surface area contributed by atoms with Crippen LogP contribution in [-0.2, 0) is 4.74 Å². The van der Waals surface area contributed by atoms with Crippen LogP contribution in [0.5, 0.6) is 0 Å². The summed E-state index contributed by atoms with van der Waals surface area (Å²) in [4.78, 5) is 0. The van der Waals surface area contributed by atoms with Gasteiger partial charge in [-0.2, -0.15) is 25.3 Å². The van der Waals surface area contributed by atoms with E-state index in [0.29, 0.717) is 19.0 Å². The van der Waals surface area contributed by atoms with Crippen LogP contribution in [0.2, 0.25) is 0 Å². The molecule has 0 saturated heterocycles. The molecule has 2 nitrogen and oxygen atoms in total. The first-order valence-corrected chi connectivity index (χ1v) is 3.93. The van der Waals surface area contributed by atoms with Gasteiger partial charge in [0, 0.05) is 11.0 Å². The second-order valence-electron chi connectivity index (χ2n) is 1.63. The van der Waals surface area contributed by atoms with Gasteiger partial charge in [0.1, 0.15) is 0 Å². The molecular formula is C5H12O2S2. The van der Waals surface area contributed by atoms with Crippen LogP contribution in [-0.4, -0.2) is 35.9 Å². The molecule has 0 bridgehead atoms. The van der Waals surface area contributed by atoms with Crippen LogP contribution < -0.4 is 0 Å². The van der Waals surface area contributed by atoms with Crippen molar-refractivity contribution in [2.45, 2.75) is 5.25 Å². The molecule has 0 radical (unpaired) electrons. The predicted octanol–water partition coefficient (Wildman–Crippen LogP) is 0.223. The highest BCUT2D eigenvalue weighted by molar-refractivity contribution is 7.84. The highest BCUT2D eigenvalue weighted by Crippen LogP contribution is 1.96. The number of thiol groups is 2. The zero-order chi connectivity index (χ0) is 7.11. The standard InChI is InChI=1S/C5H12O2S2/c6-1-2-7-3-5(9)4-8/h5-6,8-9H,1-4H2. The maximum Gasteiger partial charge on any atom is 0.0698 e. The third-order valence-corrected chi connectivity index (χ3v) is 1.82. The molecule has 0 aliphatic carbocycles. The lowest BCUT2D eigenvalue weighted by Crippen LogP contribution is -2.12. The van der Waals surface area contributed by atoms with E-state index in [1.54, 1.807) is 0 Å². The van der Waals surface area contributed by atoms with Gasteiger partial charge in [-0.1, -0.05) is 0 Å². The Morgan fingerprint density at radius 3 is 2.67 bits per heavy atom. The number of aliphatic hydroxyl groups excluding tert-OH is 1. The number of hydrogen-bond donors (Lipinski definition) is 3. The van der Waals surface area contributed by atoms with E-state index in [0.717, 1.165) is 0 Å². The summed E-state index contributed by atoms with van der Waals surface area (Å²) in [7, 11) is 0. The molecule has 0 heterocycles. The van der Waals surface area contributed by atoms with E-state index in [4.69, 9.17) is 9.84 Å². The summed E-state index contributed by atoms with van der Waals surface area (Å²) in [5.74, 6) is 0.703. The number of hydrogen-bond acceptors (Lipinski definition) is 4. The Bertz CT molecular complexity index is 60.9. The lowest BCUT2D eigenvalue weighted by atomic mass is 10.5. The van der Waals surface area contributed by atoms with Crippen molar-refractivity contribution in [1.29, 1.82) is 0 Å². The average Bonchev–Trinajstić information content (AvgIpc) is 1.89. The van der Waals surface area contributed by atoms with Gasteiger partial charge in [0.2, 0.25) is 0 Å². The van der Waals surface area contributed by atoms with Crippen LogP contribution in [0.1, 0.15) is 0 Å². The molecule has 56 valence electrons. The summed E-state index contributed by atoms with van der Waals surface area (Å²) in [5.41, 5.74) is 0. The molecule has 0 amide bonds. The molecule has 1 N–H and O–H groups in total. The second-order valence-corrected chi connectivity index (χ2v) is 2.73. The maximum atomic E-state index is 8.28. The lowest BCUT2D eigenvalue weighted by molar-refractivity contribution is 0.0956. The first-order chi connectivity index (χ1) is 4.31. The van der Waals surface area contributed by atoms with Crippen LogP contribution in [0, 0.1) is 0 Å². The molecule has 0 aromatic heterocycles. The molecule has 0 aliphatic heterocycles. The van der Waals surface area contributed by atoms with Crippen molar-refractivity contribution in [2.24, 2.45) is 0 Å². The van der Waals surface area contributed by atoms with Crippen molar-refractivity contribution in [3.8, 4) is 0 Å². The molecule has 1 unspecified atom stereocenters. The van der Waals surface area contributed by atoms with E-state index >= 15 is 0 Å². The zero-order valence-electron chi connectivity index (χ0n) is 5.16. The minimum absolute atomic E-state index is 0.0765. The smallest absolute Gasteiger partial charge is 0.0698 e. The Morgan fingerprint density at radius 1 is 1.56 bits per heavy atom. The van der Waals surface area contributed by atoms with E-state index in [-0.39, 0.29) is 11.9 Å². The van der Waals surface area contributed by atoms with E-state index in [9.17, 15) is 0 Å². The molecule has 0 saturated carbocycles. The van der Waals surface area contributed by atoms with Crippen LogP contribution in [0.4, 0.5) is 0 Å². The van der Waals surface area contributed by atoms with Crippen LogP contribution in [0.25, 0.3) is 0 Å². The van der Waals surface area contributed by atoms with Gasteiger partial charge in [-0.05, 0) is 0 Å². The Morgan fingerprint density at radius 2 is 2.22 bits per heavy atom. The van der Waals surface area contributed by atoms with E-state index in [1.807, 2.05) is 0 Å².